The van der Waals surface area contributed by atoms with Gasteiger partial charge >= 0.3 is 0 Å². The van der Waals surface area contributed by atoms with Gasteiger partial charge in [-0.3, -0.25) is 14.6 Å². The highest BCUT2D eigenvalue weighted by molar-refractivity contribution is 7.65. The van der Waals surface area contributed by atoms with Crippen molar-refractivity contribution in [2.75, 3.05) is 0 Å². The van der Waals surface area contributed by atoms with Crippen LogP contribution in [0.15, 0.2) is 0 Å². The van der Waals surface area contributed by atoms with Crippen molar-refractivity contribution in [3.05, 3.63) is 0 Å². The van der Waals surface area contributed by atoms with E-state index in [2.05, 4.69) is 9.72 Å². The summed E-state index contributed by atoms with van der Waals surface area (Å²) in [5.41, 5.74) is 0. The highest BCUT2D eigenvalue weighted by Crippen LogP contribution is 2.37. The van der Waals surface area contributed by atoms with Crippen molar-refractivity contribution in [3.8, 4) is 0 Å². The summed E-state index contributed by atoms with van der Waals surface area (Å²) in [7, 11) is 1.91. The smallest absolute Gasteiger partial charge is 0.0745 e. The lowest BCUT2D eigenvalue weighted by Gasteiger charge is -2.27. The van der Waals surface area contributed by atoms with Gasteiger partial charge in [0.05, 0.1) is 23.9 Å². The molecule has 0 spiro atoms. The number of nitrogens with one attached hydrogen (secondary N) is 2. The van der Waals surface area contributed by atoms with Crippen molar-refractivity contribution in [3.63, 3.8) is 0 Å². The van der Waals surface area contributed by atoms with E-state index in [-0.39, 0.29) is 6.10 Å². The Morgan fingerprint density at radius 1 is 1.30 bits per heavy atom. The number of hydrogen-bond acceptors (Lipinski definition) is 4. The van der Waals surface area contributed by atoms with Gasteiger partial charge in [-0.15, -0.1) is 4.60 Å². The van der Waals surface area contributed by atoms with Crippen LogP contribution in [0.1, 0.15) is 13.8 Å². The fraction of sp³-hybridized carbons (Fsp3) is 1.00. The molecular weight excluding hydrogens is 187 g/mol. The molecule has 0 aromatic heterocycles. The van der Waals surface area contributed by atoms with E-state index in [1.807, 2.05) is 18.5 Å². The lowest BCUT2D eigenvalue weighted by Crippen LogP contribution is -2.20. The van der Waals surface area contributed by atoms with Gasteiger partial charge in [0.15, 0.2) is 0 Å². The molecule has 0 aromatic carbocycles. The van der Waals surface area contributed by atoms with Crippen LogP contribution in [0.3, 0.4) is 0 Å². The number of rotatable bonds is 2. The average Bonchev–Trinajstić information content (AvgIpc) is 1.88. The van der Waals surface area contributed by atoms with Gasteiger partial charge in [0.2, 0.25) is 0 Å². The summed E-state index contributed by atoms with van der Waals surface area (Å²) in [6.07, 6.45) is 0.282. The van der Waals surface area contributed by atoms with E-state index < -0.39 is 0 Å². The fourth-order valence-corrected chi connectivity index (χ4v) is 4.31. The predicted molar refractivity (Wildman–Crippen MR) is 49.3 cm³/mol. The van der Waals surface area contributed by atoms with Crippen molar-refractivity contribution < 1.29 is 4.84 Å². The second-order valence-corrected chi connectivity index (χ2v) is 6.00. The van der Waals surface area contributed by atoms with E-state index >= 15 is 0 Å². The number of hydrogen-bond donors (Lipinski definition) is 2. The summed E-state index contributed by atoms with van der Waals surface area (Å²) in [5, 5.41) is 0. The maximum absolute atomic E-state index is 5.43. The zero-order valence-electron chi connectivity index (χ0n) is 5.93. The largest absolute Gasteiger partial charge is 0.287 e. The Balaban J connectivity index is 2.13. The molecule has 0 amide bonds. The van der Waals surface area contributed by atoms with Gasteiger partial charge in [0.1, 0.15) is 0 Å². The first-order valence-electron chi connectivity index (χ1n) is 3.02. The molecule has 60 valence electrons. The third-order valence-electron chi connectivity index (χ3n) is 0.756. The van der Waals surface area contributed by atoms with E-state index in [0.29, 0.717) is 26.6 Å². The maximum Gasteiger partial charge on any atom is 0.0745 e. The van der Waals surface area contributed by atoms with E-state index in [9.17, 15) is 0 Å². The van der Waals surface area contributed by atoms with Gasteiger partial charge < -0.3 is 0 Å². The van der Waals surface area contributed by atoms with Crippen molar-refractivity contribution in [2.24, 2.45) is 0 Å². The Bertz CT molecular complexity index is 97.0. The summed E-state index contributed by atoms with van der Waals surface area (Å²) in [4.78, 5) is 11.8. The van der Waals surface area contributed by atoms with Crippen LogP contribution in [0.5, 0.6) is 0 Å². The molecular formula is C3H12N3OP3. The van der Waals surface area contributed by atoms with Gasteiger partial charge in [-0.25, -0.2) is 0 Å². The van der Waals surface area contributed by atoms with E-state index in [1.165, 1.54) is 0 Å². The molecule has 2 N–H and O–H groups in total. The molecule has 1 aliphatic rings. The molecule has 1 saturated heterocycles. The molecule has 1 rings (SSSR count). The summed E-state index contributed by atoms with van der Waals surface area (Å²) >= 11 is 0. The second kappa shape index (κ2) is 4.90. The molecule has 0 aromatic rings. The Labute approximate surface area is 66.5 Å². The first kappa shape index (κ1) is 9.22. The van der Waals surface area contributed by atoms with Crippen LogP contribution >= 0.6 is 26.6 Å². The molecule has 0 saturated carbocycles. The molecule has 7 heteroatoms. The standard InChI is InChI=1S/C3H12N3OP3/c1-3(2)7-6-9-4-8-5-10-6/h3-5,8-10H,1-2H3. The van der Waals surface area contributed by atoms with E-state index in [4.69, 9.17) is 4.84 Å². The van der Waals surface area contributed by atoms with Crippen LogP contribution in [0.2, 0.25) is 0 Å². The lowest BCUT2D eigenvalue weighted by molar-refractivity contribution is -0.0486. The maximum atomic E-state index is 5.43. The number of nitrogens with zero attached hydrogens (tertiary/aromatic N) is 1. The van der Waals surface area contributed by atoms with Crippen LogP contribution in [0, 0.1) is 0 Å². The Hall–Kier alpha value is 1.13. The van der Waals surface area contributed by atoms with Crippen LogP contribution < -0.4 is 9.72 Å². The molecule has 2 atom stereocenters. The predicted octanol–water partition coefficient (Wildman–Crippen LogP) is 1.35. The van der Waals surface area contributed by atoms with Gasteiger partial charge in [-0.2, -0.15) is 0 Å². The van der Waals surface area contributed by atoms with Crippen molar-refractivity contribution >= 4 is 26.6 Å². The molecule has 1 heterocycles. The van der Waals surface area contributed by atoms with Gasteiger partial charge in [0.25, 0.3) is 0 Å². The molecule has 10 heavy (non-hydrogen) atoms. The quantitative estimate of drug-likeness (QED) is 0.658. The summed E-state index contributed by atoms with van der Waals surface area (Å²) < 4.78 is 1.93. The van der Waals surface area contributed by atoms with Gasteiger partial charge in [0, 0.05) is 8.88 Å². The van der Waals surface area contributed by atoms with Crippen LogP contribution in [-0.2, 0) is 4.84 Å². The van der Waals surface area contributed by atoms with E-state index in [1.54, 1.807) is 0 Å². The molecule has 1 aliphatic heterocycles. The molecule has 0 bridgehead atoms. The second-order valence-electron chi connectivity index (χ2n) is 2.05. The summed E-state index contributed by atoms with van der Waals surface area (Å²) in [5.74, 6) is 0. The van der Waals surface area contributed by atoms with E-state index in [0.717, 1.165) is 0 Å². The van der Waals surface area contributed by atoms with Crippen LogP contribution in [0.25, 0.3) is 0 Å². The van der Waals surface area contributed by atoms with Crippen LogP contribution in [0.4, 0.5) is 0 Å². The topological polar surface area (TPSA) is 36.5 Å². The zero-order valence-corrected chi connectivity index (χ0v) is 8.93. The molecule has 0 radical (unpaired) electrons. The normalized spacial score (nSPS) is 29.1. The van der Waals surface area contributed by atoms with Crippen molar-refractivity contribution in [2.45, 2.75) is 20.0 Å². The third kappa shape index (κ3) is 3.50. The minimum absolute atomic E-state index is 0.282. The first-order chi connectivity index (χ1) is 4.79. The third-order valence-corrected chi connectivity index (χ3v) is 3.94. The Kier molecular flexibility index (Phi) is 4.52. The zero-order chi connectivity index (χ0) is 7.40. The van der Waals surface area contributed by atoms with Crippen molar-refractivity contribution in [1.82, 2.24) is 14.3 Å². The molecule has 1 fully saturated rings. The van der Waals surface area contributed by atoms with Gasteiger partial charge in [-0.05, 0) is 13.8 Å². The highest BCUT2D eigenvalue weighted by Gasteiger charge is 2.10. The van der Waals surface area contributed by atoms with Crippen molar-refractivity contribution in [1.29, 1.82) is 0 Å². The Morgan fingerprint density at radius 2 is 1.90 bits per heavy atom. The fourth-order valence-electron chi connectivity index (χ4n) is 0.480. The Morgan fingerprint density at radius 3 is 2.40 bits per heavy atom. The first-order valence-corrected chi connectivity index (χ1v) is 5.91. The average molecular weight is 199 g/mol. The highest BCUT2D eigenvalue weighted by atomic mass is 31.2. The summed E-state index contributed by atoms with van der Waals surface area (Å²) in [6.45, 7) is 4.07. The molecule has 4 nitrogen and oxygen atoms in total. The lowest BCUT2D eigenvalue weighted by atomic mass is 10.5. The SMILES string of the molecule is CC(C)ON1PNPNP1. The molecule has 0 aliphatic carbocycles. The minimum Gasteiger partial charge on any atom is -0.287 e. The summed E-state index contributed by atoms with van der Waals surface area (Å²) in [6, 6.07) is 0. The van der Waals surface area contributed by atoms with Crippen LogP contribution in [-0.4, -0.2) is 10.7 Å². The minimum atomic E-state index is 0.282. The van der Waals surface area contributed by atoms with Gasteiger partial charge in [-0.1, -0.05) is 0 Å². The monoisotopic (exact) mass is 199 g/mol. The molecule has 2 unspecified atom stereocenters.